The van der Waals surface area contributed by atoms with Crippen LogP contribution >= 0.6 is 0 Å². The number of nitrogens with one attached hydrogen (secondary N) is 1. The van der Waals surface area contributed by atoms with Crippen LogP contribution in [0.2, 0.25) is 0 Å². The number of carbonyl (C=O) groups excluding carboxylic acids is 1. The topological polar surface area (TPSA) is 87.6 Å². The summed E-state index contributed by atoms with van der Waals surface area (Å²) in [7, 11) is 1.64. The molecule has 0 atom stereocenters. The fourth-order valence-electron chi connectivity index (χ4n) is 3.82. The zero-order chi connectivity index (χ0) is 21.3. The van der Waals surface area contributed by atoms with Crippen molar-refractivity contribution in [3.8, 4) is 5.75 Å². The highest BCUT2D eigenvalue weighted by Crippen LogP contribution is 2.21. The van der Waals surface area contributed by atoms with Crippen LogP contribution in [0.15, 0.2) is 52.1 Å². The van der Waals surface area contributed by atoms with E-state index in [1.54, 1.807) is 37.1 Å². The fraction of sp³-hybridized carbons (Fsp3) is 0.318. The molecule has 1 N–H and O–H groups in total. The number of nitrogens with zero attached hydrogens (tertiary/aromatic N) is 3. The zero-order valence-electron chi connectivity index (χ0n) is 17.1. The van der Waals surface area contributed by atoms with Crippen molar-refractivity contribution in [2.24, 2.45) is 0 Å². The lowest BCUT2D eigenvalue weighted by Gasteiger charge is -2.36. The Morgan fingerprint density at radius 1 is 1.03 bits per heavy atom. The molecule has 1 aliphatic heterocycles. The van der Waals surface area contributed by atoms with E-state index in [9.17, 15) is 14.4 Å². The first-order valence-electron chi connectivity index (χ1n) is 9.97. The molecule has 0 radical (unpaired) electrons. The molecule has 1 aliphatic rings. The van der Waals surface area contributed by atoms with Crippen molar-refractivity contribution < 1.29 is 9.53 Å². The lowest BCUT2D eigenvalue weighted by atomic mass is 10.1. The summed E-state index contributed by atoms with van der Waals surface area (Å²) < 4.78 is 6.34. The highest BCUT2D eigenvalue weighted by Gasteiger charge is 2.23. The molecule has 0 unspecified atom stereocenters. The number of carbonyl (C=O) groups is 1. The number of amides is 1. The van der Waals surface area contributed by atoms with E-state index >= 15 is 0 Å². The van der Waals surface area contributed by atoms with Crippen LogP contribution in [0.25, 0.3) is 10.9 Å². The first-order chi connectivity index (χ1) is 14.5. The van der Waals surface area contributed by atoms with Gasteiger partial charge in [0.1, 0.15) is 5.75 Å². The number of benzene rings is 2. The maximum atomic E-state index is 13.0. The quantitative estimate of drug-likeness (QED) is 0.710. The van der Waals surface area contributed by atoms with E-state index in [0.29, 0.717) is 36.1 Å². The SMILES string of the molecule is CCn1c(=O)[nH]c2cc(C(=O)N3CCN(c4ccc(OC)cc4)CC3)ccc2c1=O. The first kappa shape index (κ1) is 19.8. The third-order valence-corrected chi connectivity index (χ3v) is 5.55. The predicted molar refractivity (Wildman–Crippen MR) is 116 cm³/mol. The van der Waals surface area contributed by atoms with E-state index in [1.807, 2.05) is 24.3 Å². The molecule has 0 saturated carbocycles. The average Bonchev–Trinajstić information content (AvgIpc) is 2.78. The monoisotopic (exact) mass is 408 g/mol. The van der Waals surface area contributed by atoms with Gasteiger partial charge in [-0.15, -0.1) is 0 Å². The molecule has 0 bridgehead atoms. The van der Waals surface area contributed by atoms with Gasteiger partial charge in [-0.3, -0.25) is 14.2 Å². The van der Waals surface area contributed by atoms with Crippen molar-refractivity contribution >= 4 is 22.5 Å². The van der Waals surface area contributed by atoms with Crippen molar-refractivity contribution in [2.45, 2.75) is 13.5 Å². The summed E-state index contributed by atoms with van der Waals surface area (Å²) in [6.07, 6.45) is 0. The van der Waals surface area contributed by atoms with Crippen LogP contribution in [0.5, 0.6) is 5.75 Å². The number of methoxy groups -OCH3 is 1. The van der Waals surface area contributed by atoms with Crippen LogP contribution in [0.4, 0.5) is 5.69 Å². The number of ether oxygens (including phenoxy) is 1. The van der Waals surface area contributed by atoms with E-state index in [4.69, 9.17) is 4.74 Å². The molecule has 156 valence electrons. The lowest BCUT2D eigenvalue weighted by Crippen LogP contribution is -2.48. The van der Waals surface area contributed by atoms with Crippen molar-refractivity contribution in [3.63, 3.8) is 0 Å². The maximum Gasteiger partial charge on any atom is 0.328 e. The Morgan fingerprint density at radius 3 is 2.37 bits per heavy atom. The Morgan fingerprint density at radius 2 is 1.73 bits per heavy atom. The average molecular weight is 408 g/mol. The third kappa shape index (κ3) is 3.56. The summed E-state index contributed by atoms with van der Waals surface area (Å²) in [6.45, 7) is 4.68. The summed E-state index contributed by atoms with van der Waals surface area (Å²) in [4.78, 5) is 44.2. The van der Waals surface area contributed by atoms with Gasteiger partial charge in [0.25, 0.3) is 11.5 Å². The number of aromatic amines is 1. The molecular formula is C22H24N4O4. The van der Waals surface area contributed by atoms with Gasteiger partial charge < -0.3 is 19.5 Å². The van der Waals surface area contributed by atoms with Gasteiger partial charge in [0, 0.05) is 44.0 Å². The summed E-state index contributed by atoms with van der Waals surface area (Å²) in [5.74, 6) is 0.708. The van der Waals surface area contributed by atoms with Crippen molar-refractivity contribution in [1.29, 1.82) is 0 Å². The van der Waals surface area contributed by atoms with Crippen LogP contribution in [0.3, 0.4) is 0 Å². The smallest absolute Gasteiger partial charge is 0.328 e. The van der Waals surface area contributed by atoms with E-state index in [2.05, 4.69) is 9.88 Å². The molecule has 2 aromatic carbocycles. The zero-order valence-corrected chi connectivity index (χ0v) is 17.1. The van der Waals surface area contributed by atoms with Gasteiger partial charge in [-0.05, 0) is 49.4 Å². The first-order valence-corrected chi connectivity index (χ1v) is 9.97. The molecule has 0 aliphatic carbocycles. The third-order valence-electron chi connectivity index (χ3n) is 5.55. The number of hydrogen-bond donors (Lipinski definition) is 1. The van der Waals surface area contributed by atoms with E-state index in [-0.39, 0.29) is 11.5 Å². The molecule has 1 saturated heterocycles. The number of anilines is 1. The molecule has 3 aromatic rings. The largest absolute Gasteiger partial charge is 0.497 e. The minimum absolute atomic E-state index is 0.105. The van der Waals surface area contributed by atoms with Crippen molar-refractivity contribution in [3.05, 3.63) is 68.9 Å². The Hall–Kier alpha value is -3.55. The minimum Gasteiger partial charge on any atom is -0.497 e. The summed E-state index contributed by atoms with van der Waals surface area (Å²) in [5.41, 5.74) is 1.14. The van der Waals surface area contributed by atoms with Crippen LogP contribution in [0.1, 0.15) is 17.3 Å². The van der Waals surface area contributed by atoms with Crippen LogP contribution in [-0.2, 0) is 6.54 Å². The Kier molecular flexibility index (Phi) is 5.31. The number of piperazine rings is 1. The number of fused-ring (bicyclic) bond motifs is 1. The van der Waals surface area contributed by atoms with Gasteiger partial charge in [-0.2, -0.15) is 0 Å². The van der Waals surface area contributed by atoms with Crippen LogP contribution in [0, 0.1) is 0 Å². The van der Waals surface area contributed by atoms with Crippen molar-refractivity contribution in [1.82, 2.24) is 14.5 Å². The maximum absolute atomic E-state index is 13.0. The lowest BCUT2D eigenvalue weighted by molar-refractivity contribution is 0.0747. The Balaban J connectivity index is 1.50. The Labute approximate surface area is 173 Å². The normalized spacial score (nSPS) is 14.2. The number of aromatic nitrogens is 2. The molecular weight excluding hydrogens is 384 g/mol. The highest BCUT2D eigenvalue weighted by atomic mass is 16.5. The van der Waals surface area contributed by atoms with Gasteiger partial charge in [0.2, 0.25) is 0 Å². The van der Waals surface area contributed by atoms with Gasteiger partial charge in [0.15, 0.2) is 0 Å². The predicted octanol–water partition coefficient (Wildman–Crippen LogP) is 1.68. The van der Waals surface area contributed by atoms with E-state index in [1.165, 1.54) is 0 Å². The fourth-order valence-corrected chi connectivity index (χ4v) is 3.82. The summed E-state index contributed by atoms with van der Waals surface area (Å²) in [5, 5.41) is 0.400. The van der Waals surface area contributed by atoms with E-state index in [0.717, 1.165) is 29.1 Å². The second kappa shape index (κ2) is 8.06. The molecule has 2 heterocycles. The van der Waals surface area contributed by atoms with Gasteiger partial charge in [0.05, 0.1) is 18.0 Å². The second-order valence-electron chi connectivity index (χ2n) is 7.22. The number of H-pyrrole nitrogens is 1. The van der Waals surface area contributed by atoms with Gasteiger partial charge in [-0.1, -0.05) is 0 Å². The van der Waals surface area contributed by atoms with Gasteiger partial charge in [-0.25, -0.2) is 4.79 Å². The summed E-state index contributed by atoms with van der Waals surface area (Å²) in [6, 6.07) is 12.7. The molecule has 4 rings (SSSR count). The van der Waals surface area contributed by atoms with Crippen LogP contribution in [-0.4, -0.2) is 53.6 Å². The molecule has 1 fully saturated rings. The molecule has 1 amide bonds. The molecule has 1 aromatic heterocycles. The van der Waals surface area contributed by atoms with E-state index < -0.39 is 5.69 Å². The van der Waals surface area contributed by atoms with Crippen LogP contribution < -0.4 is 20.9 Å². The number of rotatable bonds is 4. The minimum atomic E-state index is -0.465. The summed E-state index contributed by atoms with van der Waals surface area (Å²) >= 11 is 0. The molecule has 0 spiro atoms. The van der Waals surface area contributed by atoms with Crippen molar-refractivity contribution in [2.75, 3.05) is 38.2 Å². The van der Waals surface area contributed by atoms with Gasteiger partial charge >= 0.3 is 5.69 Å². The molecule has 8 heteroatoms. The molecule has 8 nitrogen and oxygen atoms in total. The highest BCUT2D eigenvalue weighted by molar-refractivity contribution is 5.97. The second-order valence-corrected chi connectivity index (χ2v) is 7.22. The number of hydrogen-bond acceptors (Lipinski definition) is 5. The Bertz CT molecular complexity index is 1190. The molecule has 30 heavy (non-hydrogen) atoms. The standard InChI is InChI=1S/C22H24N4O4/c1-3-26-21(28)18-9-4-15(14-19(18)23-22(26)29)20(27)25-12-10-24(11-13-25)16-5-7-17(30-2)8-6-16/h4-9,14H,3,10-13H2,1-2H3,(H,23,29).